The maximum Gasteiger partial charge on any atom is 0.220 e. The third-order valence-electron chi connectivity index (χ3n) is 2.87. The summed E-state index contributed by atoms with van der Waals surface area (Å²) in [6.07, 6.45) is 1.17. The summed E-state index contributed by atoms with van der Waals surface area (Å²) in [4.78, 5) is 16.1. The van der Waals surface area contributed by atoms with Crippen LogP contribution in [-0.4, -0.2) is 16.9 Å². The van der Waals surface area contributed by atoms with Crippen molar-refractivity contribution < 1.29 is 4.79 Å². The van der Waals surface area contributed by atoms with Crippen LogP contribution in [0.1, 0.15) is 25.5 Å². The van der Waals surface area contributed by atoms with Crippen molar-refractivity contribution in [3.8, 4) is 10.6 Å². The van der Waals surface area contributed by atoms with Crippen LogP contribution in [0.2, 0.25) is 0 Å². The summed E-state index contributed by atoms with van der Waals surface area (Å²) in [7, 11) is 0. The lowest BCUT2D eigenvalue weighted by Crippen LogP contribution is -2.25. The normalized spacial score (nSPS) is 12.1. The molecule has 1 amide bonds. The molecule has 0 aliphatic rings. The second-order valence-electron chi connectivity index (χ2n) is 4.80. The van der Waals surface area contributed by atoms with Crippen molar-refractivity contribution in [3.05, 3.63) is 41.4 Å². The molecule has 0 fully saturated rings. The highest BCUT2D eigenvalue weighted by molar-refractivity contribution is 7.13. The molecule has 1 aromatic carbocycles. The molecule has 0 radical (unpaired) electrons. The Labute approximate surface area is 123 Å². The minimum atomic E-state index is 0.0246. The molecule has 1 atom stereocenters. The fraction of sp³-hybridized carbons (Fsp3) is 0.333. The van der Waals surface area contributed by atoms with Crippen LogP contribution in [0.25, 0.3) is 10.6 Å². The zero-order valence-corrected chi connectivity index (χ0v) is 12.3. The van der Waals surface area contributed by atoms with Crippen molar-refractivity contribution >= 4 is 17.2 Å². The van der Waals surface area contributed by atoms with Gasteiger partial charge in [0.15, 0.2) is 0 Å². The Balaban J connectivity index is 1.86. The van der Waals surface area contributed by atoms with Gasteiger partial charge >= 0.3 is 0 Å². The summed E-state index contributed by atoms with van der Waals surface area (Å²) >= 11 is 1.59. The van der Waals surface area contributed by atoms with Crippen molar-refractivity contribution in [2.75, 3.05) is 0 Å². The first kappa shape index (κ1) is 14.7. The van der Waals surface area contributed by atoms with Crippen LogP contribution in [-0.2, 0) is 11.3 Å². The minimum Gasteiger partial charge on any atom is -0.350 e. The van der Waals surface area contributed by atoms with Crippen LogP contribution < -0.4 is 11.1 Å². The van der Waals surface area contributed by atoms with E-state index in [9.17, 15) is 4.79 Å². The fourth-order valence-corrected chi connectivity index (χ4v) is 2.56. The van der Waals surface area contributed by atoms with Gasteiger partial charge < -0.3 is 11.1 Å². The van der Waals surface area contributed by atoms with E-state index in [0.717, 1.165) is 16.3 Å². The van der Waals surface area contributed by atoms with Gasteiger partial charge in [-0.25, -0.2) is 4.98 Å². The summed E-state index contributed by atoms with van der Waals surface area (Å²) in [5.41, 5.74) is 7.62. The highest BCUT2D eigenvalue weighted by Gasteiger charge is 2.07. The summed E-state index contributed by atoms with van der Waals surface area (Å²) in [6.45, 7) is 2.38. The number of carbonyl (C=O) groups excluding carboxylic acids is 1. The average Bonchev–Trinajstić information content (AvgIpc) is 2.93. The van der Waals surface area contributed by atoms with Crippen molar-refractivity contribution in [3.63, 3.8) is 0 Å². The monoisotopic (exact) mass is 289 g/mol. The molecular formula is C15H19N3OS. The van der Waals surface area contributed by atoms with Gasteiger partial charge in [0.05, 0.1) is 12.2 Å². The molecule has 0 aliphatic carbocycles. The predicted molar refractivity (Wildman–Crippen MR) is 82.3 cm³/mol. The molecule has 0 bridgehead atoms. The van der Waals surface area contributed by atoms with E-state index in [0.29, 0.717) is 19.4 Å². The summed E-state index contributed by atoms with van der Waals surface area (Å²) < 4.78 is 0. The van der Waals surface area contributed by atoms with E-state index < -0.39 is 0 Å². The molecule has 4 nitrogen and oxygen atoms in total. The van der Waals surface area contributed by atoms with Crippen molar-refractivity contribution in [1.82, 2.24) is 10.3 Å². The second-order valence-corrected chi connectivity index (χ2v) is 5.66. The first-order valence-corrected chi connectivity index (χ1v) is 7.55. The van der Waals surface area contributed by atoms with Crippen LogP contribution in [0, 0.1) is 0 Å². The van der Waals surface area contributed by atoms with Crippen molar-refractivity contribution in [2.45, 2.75) is 32.4 Å². The Morgan fingerprint density at radius 1 is 1.40 bits per heavy atom. The largest absolute Gasteiger partial charge is 0.350 e. The number of hydrogen-bond donors (Lipinski definition) is 2. The number of rotatable bonds is 6. The van der Waals surface area contributed by atoms with Crippen LogP contribution >= 0.6 is 11.3 Å². The van der Waals surface area contributed by atoms with Gasteiger partial charge in [-0.15, -0.1) is 11.3 Å². The quantitative estimate of drug-likeness (QED) is 0.858. The lowest BCUT2D eigenvalue weighted by Gasteiger charge is -2.05. The lowest BCUT2D eigenvalue weighted by atomic mass is 10.2. The van der Waals surface area contributed by atoms with Gasteiger partial charge in [0.1, 0.15) is 5.01 Å². The molecule has 20 heavy (non-hydrogen) atoms. The van der Waals surface area contributed by atoms with Gasteiger partial charge in [0.25, 0.3) is 0 Å². The number of carbonyl (C=O) groups is 1. The number of nitrogens with one attached hydrogen (secondary N) is 1. The Kier molecular flexibility index (Phi) is 5.26. The number of amides is 1. The highest BCUT2D eigenvalue weighted by Crippen LogP contribution is 2.23. The van der Waals surface area contributed by atoms with Crippen molar-refractivity contribution in [2.24, 2.45) is 5.73 Å². The molecule has 106 valence electrons. The Hall–Kier alpha value is -1.72. The smallest absolute Gasteiger partial charge is 0.220 e. The molecule has 2 aromatic rings. The fourth-order valence-electron chi connectivity index (χ4n) is 1.74. The lowest BCUT2D eigenvalue weighted by molar-refractivity contribution is -0.121. The summed E-state index contributed by atoms with van der Waals surface area (Å²) in [5.74, 6) is 0.0246. The maximum atomic E-state index is 11.6. The molecular weight excluding hydrogens is 270 g/mol. The van der Waals surface area contributed by atoms with Crippen molar-refractivity contribution in [1.29, 1.82) is 0 Å². The Morgan fingerprint density at radius 2 is 2.15 bits per heavy atom. The first-order valence-electron chi connectivity index (χ1n) is 6.67. The van der Waals surface area contributed by atoms with Crippen LogP contribution in [0.15, 0.2) is 35.7 Å². The van der Waals surface area contributed by atoms with E-state index in [2.05, 4.69) is 10.3 Å². The van der Waals surface area contributed by atoms with Crippen LogP contribution in [0.3, 0.4) is 0 Å². The molecule has 0 saturated carbocycles. The molecule has 0 spiro atoms. The standard InChI is InChI=1S/C15H19N3OS/c1-11(16)7-8-14(19)17-9-13-10-20-15(18-13)12-5-3-2-4-6-12/h2-6,10-11H,7-9,16H2,1H3,(H,17,19). The molecule has 2 rings (SSSR count). The average molecular weight is 289 g/mol. The Morgan fingerprint density at radius 3 is 2.85 bits per heavy atom. The summed E-state index contributed by atoms with van der Waals surface area (Å²) in [5, 5.41) is 5.83. The molecule has 1 unspecified atom stereocenters. The minimum absolute atomic E-state index is 0.0246. The van der Waals surface area contributed by atoms with E-state index in [4.69, 9.17) is 5.73 Å². The maximum absolute atomic E-state index is 11.6. The molecule has 1 aromatic heterocycles. The first-order chi connectivity index (χ1) is 9.65. The number of aromatic nitrogens is 1. The number of benzene rings is 1. The second kappa shape index (κ2) is 7.17. The van der Waals surface area contributed by atoms with Gasteiger partial charge in [0, 0.05) is 23.4 Å². The summed E-state index contributed by atoms with van der Waals surface area (Å²) in [6, 6.07) is 10.1. The number of hydrogen-bond acceptors (Lipinski definition) is 4. The SMILES string of the molecule is CC(N)CCC(=O)NCc1csc(-c2ccccc2)n1. The van der Waals surface area contributed by atoms with Gasteiger partial charge in [-0.1, -0.05) is 30.3 Å². The van der Waals surface area contributed by atoms with Crippen LogP contribution in [0.5, 0.6) is 0 Å². The zero-order valence-electron chi connectivity index (χ0n) is 11.5. The van der Waals surface area contributed by atoms with E-state index in [1.54, 1.807) is 11.3 Å². The number of thiazole rings is 1. The molecule has 0 saturated heterocycles. The third kappa shape index (κ3) is 4.43. The van der Waals surface area contributed by atoms with Gasteiger partial charge in [-0.05, 0) is 13.3 Å². The molecule has 0 aliphatic heterocycles. The molecule has 1 heterocycles. The highest BCUT2D eigenvalue weighted by atomic mass is 32.1. The van der Waals surface area contributed by atoms with E-state index >= 15 is 0 Å². The van der Waals surface area contributed by atoms with Crippen LogP contribution in [0.4, 0.5) is 0 Å². The van der Waals surface area contributed by atoms with E-state index in [1.807, 2.05) is 42.6 Å². The van der Waals surface area contributed by atoms with E-state index in [-0.39, 0.29) is 11.9 Å². The topological polar surface area (TPSA) is 68.0 Å². The van der Waals surface area contributed by atoms with Gasteiger partial charge in [0.2, 0.25) is 5.91 Å². The van der Waals surface area contributed by atoms with E-state index in [1.165, 1.54) is 0 Å². The Bertz CT molecular complexity index is 551. The van der Waals surface area contributed by atoms with Gasteiger partial charge in [-0.3, -0.25) is 4.79 Å². The zero-order chi connectivity index (χ0) is 14.4. The number of nitrogens with zero attached hydrogens (tertiary/aromatic N) is 1. The molecule has 3 N–H and O–H groups in total. The van der Waals surface area contributed by atoms with Gasteiger partial charge in [-0.2, -0.15) is 0 Å². The third-order valence-corrected chi connectivity index (χ3v) is 3.81. The number of nitrogens with two attached hydrogens (primary N) is 1. The predicted octanol–water partition coefficient (Wildman–Crippen LogP) is 2.55. The molecule has 5 heteroatoms.